The van der Waals surface area contributed by atoms with Crippen LogP contribution in [0.4, 0.5) is 11.4 Å². The van der Waals surface area contributed by atoms with E-state index in [1.165, 1.54) is 0 Å². The van der Waals surface area contributed by atoms with Crippen molar-refractivity contribution in [3.63, 3.8) is 0 Å². The third kappa shape index (κ3) is 5.19. The molecule has 0 aromatic heterocycles. The zero-order valence-electron chi connectivity index (χ0n) is 12.5. The lowest BCUT2D eigenvalue weighted by Crippen LogP contribution is -2.37. The quantitative estimate of drug-likeness (QED) is 0.339. The molecule has 0 radical (unpaired) electrons. The van der Waals surface area contributed by atoms with E-state index in [0.29, 0.717) is 10.7 Å². The minimum atomic E-state index is -0.588. The molecule has 0 spiro atoms. The third-order valence-electron chi connectivity index (χ3n) is 2.73. The van der Waals surface area contributed by atoms with Crippen LogP contribution in [0.5, 0.6) is 0 Å². The molecule has 0 saturated carbocycles. The minimum absolute atomic E-state index is 0.0179. The largest absolute Gasteiger partial charge is 0.460 e. The van der Waals surface area contributed by atoms with E-state index in [9.17, 15) is 4.79 Å². The van der Waals surface area contributed by atoms with Gasteiger partial charge in [-0.25, -0.2) is 4.79 Å². The lowest BCUT2D eigenvalue weighted by molar-refractivity contribution is -0.135. The van der Waals surface area contributed by atoms with Crippen molar-refractivity contribution >= 4 is 34.8 Å². The average Bonchev–Trinajstić information content (AvgIpc) is 2.57. The summed E-state index contributed by atoms with van der Waals surface area (Å²) in [5, 5.41) is 4.55. The molecule has 0 aliphatic rings. The van der Waals surface area contributed by atoms with Gasteiger partial charge in [-0.15, -0.1) is 5.10 Å². The lowest BCUT2D eigenvalue weighted by Gasteiger charge is -2.12. The number of para-hydroxylation sites is 2. The Morgan fingerprint density at radius 2 is 1.83 bits per heavy atom. The summed E-state index contributed by atoms with van der Waals surface area (Å²) in [5.41, 5.74) is 9.69. The van der Waals surface area contributed by atoms with E-state index in [2.05, 4.69) is 21.4 Å². The summed E-state index contributed by atoms with van der Waals surface area (Å²) in [7, 11) is 0. The predicted molar refractivity (Wildman–Crippen MR) is 92.3 cm³/mol. The zero-order chi connectivity index (χ0) is 16.5. The number of hydrogen-bond acceptors (Lipinski definition) is 5. The highest BCUT2D eigenvalue weighted by atomic mass is 35.5. The Morgan fingerprint density at radius 1 is 1.13 bits per heavy atom. The van der Waals surface area contributed by atoms with Gasteiger partial charge in [0.2, 0.25) is 0 Å². The molecule has 2 rings (SSSR count). The standard InChI is InChI=1S/C16H17ClN4O2/c1-2-23-16(22)15(20-18-12-8-4-3-5-9-12)21-19-14-11-7-6-10-13(14)17/h3-11,18-19H,2H2,1H3,(H,20,21). The second-order valence-corrected chi connectivity index (χ2v) is 4.80. The van der Waals surface area contributed by atoms with Gasteiger partial charge in [-0.2, -0.15) is 0 Å². The van der Waals surface area contributed by atoms with Crippen molar-refractivity contribution in [1.82, 2.24) is 5.43 Å². The van der Waals surface area contributed by atoms with Gasteiger partial charge in [0.1, 0.15) is 0 Å². The number of benzene rings is 2. The molecular weight excluding hydrogens is 316 g/mol. The van der Waals surface area contributed by atoms with Crippen LogP contribution in [0.1, 0.15) is 6.92 Å². The SMILES string of the molecule is CCOC(=O)/C(=N\Nc1ccccc1)NNc1ccccc1Cl. The fourth-order valence-corrected chi connectivity index (χ4v) is 1.83. The van der Waals surface area contributed by atoms with E-state index < -0.39 is 5.97 Å². The van der Waals surface area contributed by atoms with Gasteiger partial charge in [0, 0.05) is 0 Å². The van der Waals surface area contributed by atoms with E-state index >= 15 is 0 Å². The van der Waals surface area contributed by atoms with Crippen LogP contribution in [0.2, 0.25) is 5.02 Å². The molecule has 6 nitrogen and oxygen atoms in total. The second kappa shape index (κ2) is 8.65. The molecule has 0 amide bonds. The van der Waals surface area contributed by atoms with Crippen LogP contribution in [0.15, 0.2) is 59.7 Å². The average molecular weight is 333 g/mol. The van der Waals surface area contributed by atoms with E-state index in [-0.39, 0.29) is 12.4 Å². The fourth-order valence-electron chi connectivity index (χ4n) is 1.65. The number of hydrogen-bond donors (Lipinski definition) is 3. The normalized spacial score (nSPS) is 10.8. The number of ether oxygens (including phenoxy) is 1. The molecule has 23 heavy (non-hydrogen) atoms. The maximum Gasteiger partial charge on any atom is 0.377 e. The Balaban J connectivity index is 2.08. The van der Waals surface area contributed by atoms with Gasteiger partial charge in [0.15, 0.2) is 0 Å². The maximum atomic E-state index is 11.9. The molecule has 0 unspecified atom stereocenters. The van der Waals surface area contributed by atoms with E-state index in [1.807, 2.05) is 42.5 Å². The molecule has 0 bridgehead atoms. The minimum Gasteiger partial charge on any atom is -0.460 e. The van der Waals surface area contributed by atoms with E-state index in [4.69, 9.17) is 16.3 Å². The van der Waals surface area contributed by atoms with Gasteiger partial charge in [0.25, 0.3) is 5.84 Å². The van der Waals surface area contributed by atoms with Crippen molar-refractivity contribution in [3.8, 4) is 0 Å². The Bertz CT molecular complexity index is 677. The number of amidine groups is 1. The number of esters is 1. The maximum absolute atomic E-state index is 11.9. The number of halogens is 1. The van der Waals surface area contributed by atoms with Crippen molar-refractivity contribution in [1.29, 1.82) is 0 Å². The van der Waals surface area contributed by atoms with Crippen LogP contribution in [0, 0.1) is 0 Å². The van der Waals surface area contributed by atoms with Gasteiger partial charge in [-0.05, 0) is 31.2 Å². The number of carbonyl (C=O) groups is 1. The first kappa shape index (κ1) is 16.6. The van der Waals surface area contributed by atoms with Crippen LogP contribution in [0.3, 0.4) is 0 Å². The number of anilines is 2. The van der Waals surface area contributed by atoms with Crippen LogP contribution in [-0.2, 0) is 9.53 Å². The first-order valence-corrected chi connectivity index (χ1v) is 7.41. The molecule has 3 N–H and O–H groups in total. The van der Waals surface area contributed by atoms with E-state index in [0.717, 1.165) is 5.69 Å². The number of nitrogens with zero attached hydrogens (tertiary/aromatic N) is 1. The number of hydrazine groups is 1. The molecule has 0 atom stereocenters. The molecule has 0 fully saturated rings. The highest BCUT2D eigenvalue weighted by Gasteiger charge is 2.13. The van der Waals surface area contributed by atoms with Crippen molar-refractivity contribution in [2.75, 3.05) is 17.5 Å². The van der Waals surface area contributed by atoms with Crippen LogP contribution >= 0.6 is 11.6 Å². The van der Waals surface area contributed by atoms with Crippen LogP contribution in [-0.4, -0.2) is 18.4 Å². The molecule has 0 aliphatic carbocycles. The molecule has 2 aromatic carbocycles. The van der Waals surface area contributed by atoms with Gasteiger partial charge >= 0.3 is 5.97 Å². The smallest absolute Gasteiger partial charge is 0.377 e. The number of rotatable bonds is 5. The summed E-state index contributed by atoms with van der Waals surface area (Å²) in [4.78, 5) is 11.9. The summed E-state index contributed by atoms with van der Waals surface area (Å²) in [6.07, 6.45) is 0. The highest BCUT2D eigenvalue weighted by molar-refractivity contribution is 6.36. The fraction of sp³-hybridized carbons (Fsp3) is 0.125. The lowest BCUT2D eigenvalue weighted by atomic mass is 10.3. The van der Waals surface area contributed by atoms with Gasteiger partial charge in [0.05, 0.1) is 23.0 Å². The first-order chi connectivity index (χ1) is 11.2. The van der Waals surface area contributed by atoms with Crippen molar-refractivity contribution in [2.24, 2.45) is 5.10 Å². The summed E-state index contributed by atoms with van der Waals surface area (Å²) >= 11 is 6.05. The molecule has 0 aliphatic heterocycles. The topological polar surface area (TPSA) is 74.8 Å². The summed E-state index contributed by atoms with van der Waals surface area (Å²) in [5.74, 6) is -0.605. The number of carbonyl (C=O) groups excluding carboxylic acids is 1. The summed E-state index contributed by atoms with van der Waals surface area (Å²) < 4.78 is 4.97. The summed E-state index contributed by atoms with van der Waals surface area (Å²) in [6.45, 7) is 1.97. The summed E-state index contributed by atoms with van der Waals surface area (Å²) in [6, 6.07) is 16.4. The Morgan fingerprint density at radius 3 is 2.52 bits per heavy atom. The predicted octanol–water partition coefficient (Wildman–Crippen LogP) is 3.25. The number of hydrazone groups is 1. The van der Waals surface area contributed by atoms with Gasteiger partial charge in [-0.3, -0.25) is 16.3 Å². The molecule has 0 heterocycles. The third-order valence-corrected chi connectivity index (χ3v) is 3.06. The van der Waals surface area contributed by atoms with Crippen molar-refractivity contribution in [2.45, 2.75) is 6.92 Å². The number of nitrogens with one attached hydrogen (secondary N) is 3. The van der Waals surface area contributed by atoms with Gasteiger partial charge in [-0.1, -0.05) is 41.9 Å². The molecular formula is C16H17ClN4O2. The first-order valence-electron chi connectivity index (χ1n) is 7.03. The van der Waals surface area contributed by atoms with Crippen LogP contribution in [0.25, 0.3) is 0 Å². The highest BCUT2D eigenvalue weighted by Crippen LogP contribution is 2.19. The molecule has 2 aromatic rings. The van der Waals surface area contributed by atoms with Crippen molar-refractivity contribution in [3.05, 3.63) is 59.6 Å². The molecule has 0 saturated heterocycles. The monoisotopic (exact) mass is 332 g/mol. The Hall–Kier alpha value is -2.73. The van der Waals surface area contributed by atoms with Crippen molar-refractivity contribution < 1.29 is 9.53 Å². The van der Waals surface area contributed by atoms with Gasteiger partial charge < -0.3 is 4.74 Å². The van der Waals surface area contributed by atoms with E-state index in [1.54, 1.807) is 19.1 Å². The molecule has 120 valence electrons. The second-order valence-electron chi connectivity index (χ2n) is 4.39. The Kier molecular flexibility index (Phi) is 6.26. The molecule has 7 heteroatoms. The Labute approximate surface area is 139 Å². The van der Waals surface area contributed by atoms with Crippen LogP contribution < -0.4 is 16.3 Å². The zero-order valence-corrected chi connectivity index (χ0v) is 13.3.